The number of primary amides is 1. The van der Waals surface area contributed by atoms with Gasteiger partial charge in [-0.3, -0.25) is 23.7 Å². The zero-order valence-electron chi connectivity index (χ0n) is 15.3. The van der Waals surface area contributed by atoms with E-state index in [-0.39, 0.29) is 23.3 Å². The third-order valence-corrected chi connectivity index (χ3v) is 5.45. The van der Waals surface area contributed by atoms with Crippen LogP contribution in [0, 0.1) is 5.92 Å². The summed E-state index contributed by atoms with van der Waals surface area (Å²) in [6.07, 6.45) is -0.517. The average molecular weight is 376 g/mol. The summed E-state index contributed by atoms with van der Waals surface area (Å²) < 4.78 is 1.45. The Hall–Kier alpha value is -2.68. The van der Waals surface area contributed by atoms with Crippen molar-refractivity contribution in [3.63, 3.8) is 0 Å². The van der Waals surface area contributed by atoms with E-state index in [1.807, 2.05) is 0 Å². The van der Waals surface area contributed by atoms with Gasteiger partial charge in [-0.2, -0.15) is 0 Å². The first-order chi connectivity index (χ1) is 12.7. The maximum Gasteiger partial charge on any atom is 0.251 e. The largest absolute Gasteiger partial charge is 0.391 e. The molecule has 4 N–H and O–H groups in total. The lowest BCUT2D eigenvalue weighted by Gasteiger charge is -2.46. The number of nitrogens with one attached hydrogen (secondary N) is 1. The number of nitrogens with zero attached hydrogens (tertiary/aromatic N) is 2. The molecule has 0 unspecified atom stereocenters. The van der Waals surface area contributed by atoms with Crippen molar-refractivity contribution in [1.82, 2.24) is 14.8 Å². The zero-order chi connectivity index (χ0) is 19.9. The Morgan fingerprint density at radius 1 is 1.30 bits per heavy atom. The van der Waals surface area contributed by atoms with Crippen molar-refractivity contribution in [3.8, 4) is 0 Å². The molecule has 0 aliphatic carbocycles. The smallest absolute Gasteiger partial charge is 0.251 e. The molecule has 1 fully saturated rings. The second-order valence-electron chi connectivity index (χ2n) is 7.35. The van der Waals surface area contributed by atoms with Crippen molar-refractivity contribution in [2.24, 2.45) is 11.7 Å². The van der Waals surface area contributed by atoms with Gasteiger partial charge in [0.05, 0.1) is 6.10 Å². The summed E-state index contributed by atoms with van der Waals surface area (Å²) in [6, 6.07) is 2.66. The summed E-state index contributed by atoms with van der Waals surface area (Å²) in [4.78, 5) is 50.7. The van der Waals surface area contributed by atoms with Gasteiger partial charge < -0.3 is 21.1 Å². The molecule has 0 saturated carbocycles. The molecule has 0 aromatic carbocycles. The summed E-state index contributed by atoms with van der Waals surface area (Å²) in [5, 5.41) is 12.2. The van der Waals surface area contributed by atoms with Crippen LogP contribution in [0.5, 0.6) is 0 Å². The zero-order valence-corrected chi connectivity index (χ0v) is 15.3. The van der Waals surface area contributed by atoms with Gasteiger partial charge in [0.15, 0.2) is 0 Å². The van der Waals surface area contributed by atoms with Gasteiger partial charge >= 0.3 is 0 Å². The molecular weight excluding hydrogens is 352 g/mol. The number of aliphatic hydroxyl groups is 1. The van der Waals surface area contributed by atoms with E-state index in [1.54, 1.807) is 17.0 Å². The van der Waals surface area contributed by atoms with Gasteiger partial charge in [-0.15, -0.1) is 0 Å². The van der Waals surface area contributed by atoms with Crippen LogP contribution in [0.3, 0.4) is 0 Å². The van der Waals surface area contributed by atoms with Crippen LogP contribution in [0.4, 0.5) is 0 Å². The minimum Gasteiger partial charge on any atom is -0.391 e. The molecule has 3 heterocycles. The molecule has 0 radical (unpaired) electrons. The quantitative estimate of drug-likeness (QED) is 0.601. The Labute approximate surface area is 156 Å². The highest BCUT2D eigenvalue weighted by molar-refractivity contribution is 5.89. The molecule has 3 rings (SSSR count). The molecule has 2 bridgehead atoms. The standard InChI is InChI=1S/C18H24N4O5/c1-9(23)15(17(19)26)20-18(27)16-12-6-11(7-21(8-12)10(2)24)13-4-3-5-14(25)22(13)16/h3-5,9,11-12,15-16,23H,6-8H2,1-2H3,(H2,19,26)(H,20,27)/t9-,11-,12+,15+,16-/m1/s1. The van der Waals surface area contributed by atoms with E-state index >= 15 is 0 Å². The fourth-order valence-electron chi connectivity index (χ4n) is 4.20. The molecule has 5 atom stereocenters. The van der Waals surface area contributed by atoms with Crippen LogP contribution in [0.1, 0.15) is 37.9 Å². The van der Waals surface area contributed by atoms with Crippen LogP contribution in [0.2, 0.25) is 0 Å². The van der Waals surface area contributed by atoms with Crippen LogP contribution in [-0.2, 0) is 14.4 Å². The number of hydrogen-bond acceptors (Lipinski definition) is 5. The van der Waals surface area contributed by atoms with Gasteiger partial charge in [-0.05, 0) is 19.4 Å². The third kappa shape index (κ3) is 3.46. The summed E-state index contributed by atoms with van der Waals surface area (Å²) >= 11 is 0. The van der Waals surface area contributed by atoms with Gasteiger partial charge in [-0.1, -0.05) is 6.07 Å². The highest BCUT2D eigenvalue weighted by Gasteiger charge is 2.45. The van der Waals surface area contributed by atoms with Crippen LogP contribution >= 0.6 is 0 Å². The Morgan fingerprint density at radius 2 is 2.00 bits per heavy atom. The van der Waals surface area contributed by atoms with Crippen molar-refractivity contribution >= 4 is 17.7 Å². The Kier molecular flexibility index (Phi) is 5.05. The molecular formula is C18H24N4O5. The fourth-order valence-corrected chi connectivity index (χ4v) is 4.20. The van der Waals surface area contributed by atoms with E-state index in [0.717, 1.165) is 0 Å². The molecule has 2 aliphatic rings. The molecule has 9 nitrogen and oxygen atoms in total. The van der Waals surface area contributed by atoms with Gasteiger partial charge in [0.2, 0.25) is 17.7 Å². The number of likely N-dealkylation sites (tertiary alicyclic amines) is 1. The van der Waals surface area contributed by atoms with E-state index in [9.17, 15) is 24.3 Å². The van der Waals surface area contributed by atoms with Crippen molar-refractivity contribution in [3.05, 3.63) is 34.2 Å². The maximum absolute atomic E-state index is 13.0. The highest BCUT2D eigenvalue weighted by Crippen LogP contribution is 2.41. The molecule has 2 aliphatic heterocycles. The number of hydrogen-bond donors (Lipinski definition) is 3. The molecule has 3 amide bonds. The number of amides is 3. The number of fused-ring (bicyclic) bond motifs is 4. The van der Waals surface area contributed by atoms with Crippen molar-refractivity contribution in [2.45, 2.75) is 44.4 Å². The second kappa shape index (κ2) is 7.15. The van der Waals surface area contributed by atoms with Crippen LogP contribution in [0.25, 0.3) is 0 Å². The van der Waals surface area contributed by atoms with Gasteiger partial charge in [-0.25, -0.2) is 0 Å². The van der Waals surface area contributed by atoms with Gasteiger partial charge in [0, 0.05) is 43.6 Å². The summed E-state index contributed by atoms with van der Waals surface area (Å²) in [5.74, 6) is -1.82. The van der Waals surface area contributed by atoms with Crippen LogP contribution < -0.4 is 16.6 Å². The first-order valence-corrected chi connectivity index (χ1v) is 8.95. The van der Waals surface area contributed by atoms with E-state index in [2.05, 4.69) is 5.32 Å². The first-order valence-electron chi connectivity index (χ1n) is 8.95. The monoisotopic (exact) mass is 376 g/mol. The summed E-state index contributed by atoms with van der Waals surface area (Å²) in [6.45, 7) is 3.68. The number of rotatable bonds is 4. The second-order valence-corrected chi connectivity index (χ2v) is 7.35. The number of carbonyl (C=O) groups is 3. The fraction of sp³-hybridized carbons (Fsp3) is 0.556. The maximum atomic E-state index is 13.0. The predicted octanol–water partition coefficient (Wildman–Crippen LogP) is -1.29. The Bertz CT molecular complexity index is 833. The Morgan fingerprint density at radius 3 is 2.59 bits per heavy atom. The minimum absolute atomic E-state index is 0.0331. The lowest BCUT2D eigenvalue weighted by molar-refractivity contribution is -0.137. The minimum atomic E-state index is -1.26. The van der Waals surface area contributed by atoms with Crippen molar-refractivity contribution in [1.29, 1.82) is 0 Å². The Balaban J connectivity index is 2.01. The van der Waals surface area contributed by atoms with E-state index < -0.39 is 30.0 Å². The third-order valence-electron chi connectivity index (χ3n) is 5.45. The number of piperidine rings is 1. The first kappa shape index (κ1) is 19.1. The molecule has 27 heavy (non-hydrogen) atoms. The number of aliphatic hydroxyl groups excluding tert-OH is 1. The number of pyridine rings is 1. The van der Waals surface area contributed by atoms with Gasteiger partial charge in [0.25, 0.3) is 5.56 Å². The summed E-state index contributed by atoms with van der Waals surface area (Å²) in [5.41, 5.74) is 5.65. The predicted molar refractivity (Wildman–Crippen MR) is 95.6 cm³/mol. The number of aromatic nitrogens is 1. The number of nitrogens with two attached hydrogens (primary N) is 1. The van der Waals surface area contributed by atoms with Crippen LogP contribution in [0.15, 0.2) is 23.0 Å². The van der Waals surface area contributed by atoms with Crippen molar-refractivity contribution < 1.29 is 19.5 Å². The average Bonchev–Trinajstić information content (AvgIpc) is 2.59. The molecule has 1 saturated heterocycles. The summed E-state index contributed by atoms with van der Waals surface area (Å²) in [7, 11) is 0. The molecule has 0 spiro atoms. The lowest BCUT2D eigenvalue weighted by atomic mass is 9.78. The topological polar surface area (TPSA) is 135 Å². The van der Waals surface area contributed by atoms with E-state index in [1.165, 1.54) is 24.5 Å². The van der Waals surface area contributed by atoms with Crippen LogP contribution in [-0.4, -0.2) is 57.5 Å². The molecule has 1 aromatic heterocycles. The molecule has 9 heteroatoms. The molecule has 1 aromatic rings. The van der Waals surface area contributed by atoms with E-state index in [4.69, 9.17) is 5.73 Å². The molecule has 146 valence electrons. The van der Waals surface area contributed by atoms with Gasteiger partial charge in [0.1, 0.15) is 12.1 Å². The van der Waals surface area contributed by atoms with Crippen molar-refractivity contribution in [2.75, 3.05) is 13.1 Å². The SMILES string of the molecule is CC(=O)N1C[C@H]2C[C@@H](C1)[C@H](C(=O)N[C@H](C(N)=O)[C@@H](C)O)n1c2cccc1=O. The van der Waals surface area contributed by atoms with E-state index in [0.29, 0.717) is 25.2 Å². The normalized spacial score (nSPS) is 25.9. The lowest BCUT2D eigenvalue weighted by Crippen LogP contribution is -2.58. The number of carbonyl (C=O) groups excluding carboxylic acids is 3. The highest BCUT2D eigenvalue weighted by atomic mass is 16.3.